The predicted octanol–water partition coefficient (Wildman–Crippen LogP) is 2.92. The van der Waals surface area contributed by atoms with Crippen molar-refractivity contribution < 1.29 is 32.2 Å². The van der Waals surface area contributed by atoms with E-state index in [1.165, 1.54) is 41.3 Å². The van der Waals surface area contributed by atoms with Crippen molar-refractivity contribution in [3.05, 3.63) is 90.2 Å². The van der Waals surface area contributed by atoms with E-state index in [9.17, 15) is 22.4 Å². The molecule has 1 atom stereocenters. The Hall–Kier alpha value is -3.96. The second-order valence-corrected chi connectivity index (χ2v) is 10.1. The zero-order chi connectivity index (χ0) is 27.5. The first-order valence-corrected chi connectivity index (χ1v) is 13.4. The Morgan fingerprint density at radius 1 is 1.00 bits per heavy atom. The Kier molecular flexibility index (Phi) is 10.2. The average Bonchev–Trinajstić information content (AvgIpc) is 2.92. The Bertz CT molecular complexity index is 1300. The average molecular weight is 544 g/mol. The van der Waals surface area contributed by atoms with Gasteiger partial charge in [-0.2, -0.15) is 0 Å². The SMILES string of the molecule is C[C@@H](C(=O)NCCCO)N(Cc1ccccc1)C(=O)COc1ccc(S(=O)(=O)Nc2ccc(F)cc2)cc1. The zero-order valence-electron chi connectivity index (χ0n) is 20.8. The van der Waals surface area contributed by atoms with Crippen LogP contribution in [0.4, 0.5) is 10.1 Å². The highest BCUT2D eigenvalue weighted by molar-refractivity contribution is 7.92. The highest BCUT2D eigenvalue weighted by atomic mass is 32.2. The van der Waals surface area contributed by atoms with Gasteiger partial charge in [-0.1, -0.05) is 30.3 Å². The number of sulfonamides is 1. The number of nitrogens with zero attached hydrogens (tertiary/aromatic N) is 1. The maximum Gasteiger partial charge on any atom is 0.261 e. The number of aliphatic hydroxyl groups excluding tert-OH is 1. The van der Waals surface area contributed by atoms with Crippen LogP contribution in [0.5, 0.6) is 5.75 Å². The highest BCUT2D eigenvalue weighted by Gasteiger charge is 2.26. The lowest BCUT2D eigenvalue weighted by Crippen LogP contribution is -2.49. The van der Waals surface area contributed by atoms with Gasteiger partial charge in [-0.3, -0.25) is 14.3 Å². The van der Waals surface area contributed by atoms with Gasteiger partial charge < -0.3 is 20.1 Å². The van der Waals surface area contributed by atoms with Gasteiger partial charge >= 0.3 is 0 Å². The molecule has 3 rings (SSSR count). The number of carbonyl (C=O) groups excluding carboxylic acids is 2. The highest BCUT2D eigenvalue weighted by Crippen LogP contribution is 2.20. The minimum atomic E-state index is -3.92. The lowest BCUT2D eigenvalue weighted by Gasteiger charge is -2.28. The number of ether oxygens (including phenoxy) is 1. The monoisotopic (exact) mass is 543 g/mol. The summed E-state index contributed by atoms with van der Waals surface area (Å²) in [6, 6.07) is 18.8. The van der Waals surface area contributed by atoms with Gasteiger partial charge in [0, 0.05) is 25.4 Å². The summed E-state index contributed by atoms with van der Waals surface area (Å²) in [7, 11) is -3.92. The summed E-state index contributed by atoms with van der Waals surface area (Å²) in [5.41, 5.74) is 1.05. The van der Waals surface area contributed by atoms with E-state index in [0.717, 1.165) is 17.7 Å². The van der Waals surface area contributed by atoms with Gasteiger partial charge in [-0.05, 0) is 67.4 Å². The first kappa shape index (κ1) is 28.6. The third-order valence-corrected chi connectivity index (χ3v) is 6.99. The topological polar surface area (TPSA) is 125 Å². The Morgan fingerprint density at radius 2 is 1.66 bits per heavy atom. The van der Waals surface area contributed by atoms with Crippen molar-refractivity contribution in [1.82, 2.24) is 10.2 Å². The second-order valence-electron chi connectivity index (χ2n) is 8.42. The van der Waals surface area contributed by atoms with E-state index in [1.54, 1.807) is 6.92 Å². The van der Waals surface area contributed by atoms with Crippen molar-refractivity contribution in [2.24, 2.45) is 0 Å². The van der Waals surface area contributed by atoms with Crippen LogP contribution in [0.25, 0.3) is 0 Å². The lowest BCUT2D eigenvalue weighted by atomic mass is 10.1. The van der Waals surface area contributed by atoms with Crippen molar-refractivity contribution in [2.75, 3.05) is 24.5 Å². The molecule has 0 unspecified atom stereocenters. The third-order valence-electron chi connectivity index (χ3n) is 5.59. The van der Waals surface area contributed by atoms with Crippen molar-refractivity contribution in [2.45, 2.75) is 30.8 Å². The summed E-state index contributed by atoms with van der Waals surface area (Å²) in [6.07, 6.45) is 0.402. The second kappa shape index (κ2) is 13.5. The predicted molar refractivity (Wildman–Crippen MR) is 140 cm³/mol. The molecule has 0 aliphatic rings. The van der Waals surface area contributed by atoms with Crippen LogP contribution in [-0.2, 0) is 26.2 Å². The van der Waals surface area contributed by atoms with Crippen LogP contribution in [0, 0.1) is 5.82 Å². The standard InChI is InChI=1S/C27H30FN3O6S/c1-20(27(34)29-16-5-17-32)31(18-21-6-3-2-4-7-21)26(33)19-37-24-12-14-25(15-13-24)38(35,36)30-23-10-8-22(28)9-11-23/h2-4,6-15,20,30,32H,5,16-19H2,1H3,(H,29,34)/t20-/m0/s1. The van der Waals surface area contributed by atoms with Crippen molar-refractivity contribution in [3.63, 3.8) is 0 Å². The van der Waals surface area contributed by atoms with E-state index in [0.29, 0.717) is 6.42 Å². The fraction of sp³-hybridized carbons (Fsp3) is 0.259. The van der Waals surface area contributed by atoms with Crippen LogP contribution in [0.1, 0.15) is 18.9 Å². The van der Waals surface area contributed by atoms with Crippen molar-refractivity contribution in [3.8, 4) is 5.75 Å². The number of carbonyl (C=O) groups is 2. The van der Waals surface area contributed by atoms with Gasteiger partial charge in [-0.15, -0.1) is 0 Å². The molecule has 3 aromatic carbocycles. The van der Waals surface area contributed by atoms with Crippen LogP contribution >= 0.6 is 0 Å². The fourth-order valence-electron chi connectivity index (χ4n) is 3.48. The van der Waals surface area contributed by atoms with E-state index in [1.807, 2.05) is 30.3 Å². The molecule has 0 radical (unpaired) electrons. The molecule has 0 fully saturated rings. The Morgan fingerprint density at radius 3 is 2.29 bits per heavy atom. The van der Waals surface area contributed by atoms with E-state index in [-0.39, 0.29) is 48.5 Å². The molecule has 202 valence electrons. The van der Waals surface area contributed by atoms with Gasteiger partial charge in [0.1, 0.15) is 17.6 Å². The van der Waals surface area contributed by atoms with E-state index >= 15 is 0 Å². The molecule has 11 heteroatoms. The molecule has 3 N–H and O–H groups in total. The fourth-order valence-corrected chi connectivity index (χ4v) is 4.53. The van der Waals surface area contributed by atoms with Crippen molar-refractivity contribution in [1.29, 1.82) is 0 Å². The molecule has 38 heavy (non-hydrogen) atoms. The van der Waals surface area contributed by atoms with Crippen LogP contribution in [-0.4, -0.2) is 56.0 Å². The molecule has 0 saturated carbocycles. The minimum Gasteiger partial charge on any atom is -0.484 e. The molecule has 0 heterocycles. The number of halogens is 1. The summed E-state index contributed by atoms with van der Waals surface area (Å²) in [5.74, 6) is -1.01. The van der Waals surface area contributed by atoms with E-state index < -0.39 is 27.8 Å². The van der Waals surface area contributed by atoms with Gasteiger partial charge in [0.05, 0.1) is 4.90 Å². The number of anilines is 1. The molecular weight excluding hydrogens is 513 g/mol. The Labute approximate surface area is 221 Å². The molecule has 0 bridgehead atoms. The normalized spacial score (nSPS) is 11.9. The molecular formula is C27H30FN3O6S. The van der Waals surface area contributed by atoms with Gasteiger partial charge in [0.25, 0.3) is 15.9 Å². The lowest BCUT2D eigenvalue weighted by molar-refractivity contribution is -0.142. The smallest absolute Gasteiger partial charge is 0.261 e. The number of nitrogens with one attached hydrogen (secondary N) is 2. The first-order chi connectivity index (χ1) is 18.2. The number of benzene rings is 3. The van der Waals surface area contributed by atoms with E-state index in [4.69, 9.17) is 9.84 Å². The maximum atomic E-state index is 13.1. The summed E-state index contributed by atoms with van der Waals surface area (Å²) in [6.45, 7) is 1.65. The number of amides is 2. The molecule has 0 saturated heterocycles. The van der Waals surface area contributed by atoms with Gasteiger partial charge in [-0.25, -0.2) is 12.8 Å². The number of aliphatic hydroxyl groups is 1. The summed E-state index contributed by atoms with van der Waals surface area (Å²) < 4.78 is 46.2. The van der Waals surface area contributed by atoms with E-state index in [2.05, 4.69) is 10.0 Å². The molecule has 0 aliphatic carbocycles. The molecule has 0 aliphatic heterocycles. The van der Waals surface area contributed by atoms with Crippen LogP contribution < -0.4 is 14.8 Å². The van der Waals surface area contributed by atoms with Gasteiger partial charge in [0.15, 0.2) is 6.61 Å². The largest absolute Gasteiger partial charge is 0.484 e. The molecule has 2 amide bonds. The zero-order valence-corrected chi connectivity index (χ0v) is 21.7. The molecule has 0 spiro atoms. The summed E-state index contributed by atoms with van der Waals surface area (Å²) >= 11 is 0. The molecule has 9 nitrogen and oxygen atoms in total. The minimum absolute atomic E-state index is 0.0422. The Balaban J connectivity index is 1.65. The number of hydrogen-bond donors (Lipinski definition) is 3. The van der Waals surface area contributed by atoms with Crippen LogP contribution in [0.3, 0.4) is 0 Å². The first-order valence-electron chi connectivity index (χ1n) is 11.9. The quantitative estimate of drug-likeness (QED) is 0.285. The number of rotatable bonds is 13. The number of hydrogen-bond acceptors (Lipinski definition) is 6. The van der Waals surface area contributed by atoms with Crippen LogP contribution in [0.15, 0.2) is 83.8 Å². The van der Waals surface area contributed by atoms with Crippen LogP contribution in [0.2, 0.25) is 0 Å². The summed E-state index contributed by atoms with van der Waals surface area (Å²) in [5, 5.41) is 11.6. The molecule has 0 aromatic heterocycles. The summed E-state index contributed by atoms with van der Waals surface area (Å²) in [4.78, 5) is 27.1. The molecule has 3 aromatic rings. The third kappa shape index (κ3) is 8.29. The van der Waals surface area contributed by atoms with Crippen molar-refractivity contribution >= 4 is 27.5 Å². The van der Waals surface area contributed by atoms with Gasteiger partial charge in [0.2, 0.25) is 5.91 Å². The maximum absolute atomic E-state index is 13.1.